The summed E-state index contributed by atoms with van der Waals surface area (Å²) in [5.41, 5.74) is 0. The molecule has 0 N–H and O–H groups in total. The van der Waals surface area contributed by atoms with Crippen molar-refractivity contribution in [2.24, 2.45) is 0 Å². The van der Waals surface area contributed by atoms with Crippen molar-refractivity contribution in [3.63, 3.8) is 0 Å². The number of nitrogens with zero attached hydrogens (tertiary/aromatic N) is 1. The van der Waals surface area contributed by atoms with Gasteiger partial charge >= 0.3 is 0 Å². The lowest BCUT2D eigenvalue weighted by Gasteiger charge is -2.34. The van der Waals surface area contributed by atoms with Crippen LogP contribution in [0.4, 0.5) is 0 Å². The van der Waals surface area contributed by atoms with Crippen LogP contribution in [0.2, 0.25) is 0 Å². The first-order valence-corrected chi connectivity index (χ1v) is 5.59. The molecule has 2 atom stereocenters. The molecule has 0 radical (unpaired) electrons. The number of thioether (sulfide) groups is 1. The fourth-order valence-corrected chi connectivity index (χ4v) is 3.71. The normalized spacial score (nSPS) is 38.5. The van der Waals surface area contributed by atoms with Crippen molar-refractivity contribution < 1.29 is 0 Å². The molecule has 2 rings (SSSR count). The van der Waals surface area contributed by atoms with Crippen molar-refractivity contribution in [3.05, 3.63) is 0 Å². The van der Waals surface area contributed by atoms with Crippen LogP contribution in [-0.2, 0) is 0 Å². The molecule has 2 bridgehead atoms. The van der Waals surface area contributed by atoms with Crippen molar-refractivity contribution in [2.75, 3.05) is 13.1 Å². The molecule has 0 aromatic rings. The van der Waals surface area contributed by atoms with Gasteiger partial charge in [-0.3, -0.25) is 4.90 Å². The Morgan fingerprint density at radius 2 is 1.73 bits per heavy atom. The standard InChI is InChI=1S/C9H17NS/c1-7(2)10-5-8-3-4-9(6-10)11-8/h7-9H,3-6H2,1-2H3. The quantitative estimate of drug-likeness (QED) is 0.593. The van der Waals surface area contributed by atoms with Gasteiger partial charge in [-0.2, -0.15) is 11.8 Å². The van der Waals surface area contributed by atoms with Crippen molar-refractivity contribution in [3.8, 4) is 0 Å². The van der Waals surface area contributed by atoms with Gasteiger partial charge < -0.3 is 0 Å². The molecule has 2 fully saturated rings. The number of hydrogen-bond acceptors (Lipinski definition) is 2. The smallest absolute Gasteiger partial charge is 0.0178 e. The van der Waals surface area contributed by atoms with Crippen LogP contribution in [0.25, 0.3) is 0 Å². The van der Waals surface area contributed by atoms with Crippen LogP contribution in [0.3, 0.4) is 0 Å². The zero-order chi connectivity index (χ0) is 7.84. The molecule has 0 spiro atoms. The van der Waals surface area contributed by atoms with Gasteiger partial charge in [0.25, 0.3) is 0 Å². The van der Waals surface area contributed by atoms with Gasteiger partial charge in [0.1, 0.15) is 0 Å². The lowest BCUT2D eigenvalue weighted by atomic mass is 10.2. The number of hydrogen-bond donors (Lipinski definition) is 0. The second kappa shape index (κ2) is 2.98. The maximum atomic E-state index is 2.64. The summed E-state index contributed by atoms with van der Waals surface area (Å²) in [6.07, 6.45) is 2.94. The highest BCUT2D eigenvalue weighted by molar-refractivity contribution is 8.00. The molecule has 64 valence electrons. The van der Waals surface area contributed by atoms with Gasteiger partial charge in [0.15, 0.2) is 0 Å². The van der Waals surface area contributed by atoms with Gasteiger partial charge in [0.2, 0.25) is 0 Å². The molecule has 0 aliphatic carbocycles. The van der Waals surface area contributed by atoms with E-state index < -0.39 is 0 Å². The van der Waals surface area contributed by atoms with Crippen LogP contribution in [0.5, 0.6) is 0 Å². The Hall–Kier alpha value is 0.310. The molecule has 2 heteroatoms. The van der Waals surface area contributed by atoms with Crippen LogP contribution in [0, 0.1) is 0 Å². The zero-order valence-electron chi connectivity index (χ0n) is 7.42. The minimum atomic E-state index is 0.763. The van der Waals surface area contributed by atoms with Crippen LogP contribution in [0.1, 0.15) is 26.7 Å². The zero-order valence-corrected chi connectivity index (χ0v) is 8.23. The summed E-state index contributed by atoms with van der Waals surface area (Å²) in [4.78, 5) is 2.64. The van der Waals surface area contributed by atoms with E-state index in [4.69, 9.17) is 0 Å². The molecule has 11 heavy (non-hydrogen) atoms. The topological polar surface area (TPSA) is 3.24 Å². The summed E-state index contributed by atoms with van der Waals surface area (Å²) in [5, 5.41) is 1.94. The van der Waals surface area contributed by atoms with Gasteiger partial charge in [-0.05, 0) is 26.7 Å². The summed E-state index contributed by atoms with van der Waals surface area (Å²) in [5.74, 6) is 0. The maximum Gasteiger partial charge on any atom is 0.0178 e. The van der Waals surface area contributed by atoms with Crippen LogP contribution in [0.15, 0.2) is 0 Å². The molecule has 0 amide bonds. The first-order chi connectivity index (χ1) is 5.25. The van der Waals surface area contributed by atoms with E-state index >= 15 is 0 Å². The summed E-state index contributed by atoms with van der Waals surface area (Å²) in [6, 6.07) is 0.763. The third-order valence-electron chi connectivity index (χ3n) is 2.80. The summed E-state index contributed by atoms with van der Waals surface area (Å²) in [6.45, 7) is 7.32. The van der Waals surface area contributed by atoms with E-state index in [1.165, 1.54) is 25.9 Å². The predicted molar refractivity (Wildman–Crippen MR) is 51.1 cm³/mol. The number of likely N-dealkylation sites (tertiary alicyclic amines) is 1. The largest absolute Gasteiger partial charge is 0.299 e. The summed E-state index contributed by atoms with van der Waals surface area (Å²) < 4.78 is 0. The SMILES string of the molecule is CC(C)N1CC2CCC(C1)S2. The van der Waals surface area contributed by atoms with Gasteiger partial charge in [0.05, 0.1) is 0 Å². The highest BCUT2D eigenvalue weighted by Crippen LogP contribution is 2.38. The van der Waals surface area contributed by atoms with Crippen LogP contribution >= 0.6 is 11.8 Å². The molecule has 0 saturated carbocycles. The van der Waals surface area contributed by atoms with Crippen LogP contribution < -0.4 is 0 Å². The Morgan fingerprint density at radius 1 is 1.18 bits per heavy atom. The molecule has 2 heterocycles. The average Bonchev–Trinajstić information content (AvgIpc) is 2.30. The molecule has 2 unspecified atom stereocenters. The number of fused-ring (bicyclic) bond motifs is 2. The van der Waals surface area contributed by atoms with E-state index in [-0.39, 0.29) is 0 Å². The van der Waals surface area contributed by atoms with Crippen molar-refractivity contribution in [1.82, 2.24) is 4.90 Å². The van der Waals surface area contributed by atoms with Gasteiger partial charge in [0, 0.05) is 29.6 Å². The van der Waals surface area contributed by atoms with E-state index in [2.05, 4.69) is 30.5 Å². The third-order valence-corrected chi connectivity index (χ3v) is 4.34. The van der Waals surface area contributed by atoms with E-state index in [1.54, 1.807) is 0 Å². The molecule has 2 saturated heterocycles. The Bertz CT molecular complexity index is 134. The van der Waals surface area contributed by atoms with Crippen molar-refractivity contribution >= 4 is 11.8 Å². The van der Waals surface area contributed by atoms with Gasteiger partial charge in [-0.25, -0.2) is 0 Å². The minimum Gasteiger partial charge on any atom is -0.299 e. The molecule has 1 nitrogen and oxygen atoms in total. The predicted octanol–water partition coefficient (Wildman–Crippen LogP) is 1.97. The maximum absolute atomic E-state index is 2.64. The monoisotopic (exact) mass is 171 g/mol. The summed E-state index contributed by atoms with van der Waals surface area (Å²) >= 11 is 2.23. The highest BCUT2D eigenvalue weighted by atomic mass is 32.2. The molecular weight excluding hydrogens is 154 g/mol. The number of rotatable bonds is 1. The van der Waals surface area contributed by atoms with Crippen molar-refractivity contribution in [2.45, 2.75) is 43.2 Å². The fraction of sp³-hybridized carbons (Fsp3) is 1.00. The summed E-state index contributed by atoms with van der Waals surface area (Å²) in [7, 11) is 0. The van der Waals surface area contributed by atoms with E-state index in [0.29, 0.717) is 0 Å². The molecule has 2 aliphatic rings. The van der Waals surface area contributed by atoms with E-state index in [0.717, 1.165) is 16.5 Å². The first-order valence-electron chi connectivity index (χ1n) is 4.65. The lowest BCUT2D eigenvalue weighted by molar-refractivity contribution is 0.228. The third kappa shape index (κ3) is 1.57. The molecule has 0 aromatic carbocycles. The van der Waals surface area contributed by atoms with Gasteiger partial charge in [-0.15, -0.1) is 0 Å². The molecule has 0 aromatic heterocycles. The van der Waals surface area contributed by atoms with Crippen molar-refractivity contribution in [1.29, 1.82) is 0 Å². The first kappa shape index (κ1) is 7.93. The Balaban J connectivity index is 1.97. The average molecular weight is 171 g/mol. The van der Waals surface area contributed by atoms with Gasteiger partial charge in [-0.1, -0.05) is 0 Å². The van der Waals surface area contributed by atoms with E-state index in [1.807, 2.05) is 0 Å². The van der Waals surface area contributed by atoms with Crippen LogP contribution in [-0.4, -0.2) is 34.5 Å². The highest BCUT2D eigenvalue weighted by Gasteiger charge is 2.33. The Labute approximate surface area is 73.5 Å². The fourth-order valence-electron chi connectivity index (χ4n) is 2.07. The molecular formula is C9H17NS. The second-order valence-electron chi connectivity index (χ2n) is 4.01. The Kier molecular flexibility index (Phi) is 2.15. The van der Waals surface area contributed by atoms with E-state index in [9.17, 15) is 0 Å². The Morgan fingerprint density at radius 3 is 2.18 bits per heavy atom. The minimum absolute atomic E-state index is 0.763. The molecule has 2 aliphatic heterocycles. The lowest BCUT2D eigenvalue weighted by Crippen LogP contribution is -2.42. The second-order valence-corrected chi connectivity index (χ2v) is 5.61.